The summed E-state index contributed by atoms with van der Waals surface area (Å²) in [5, 5.41) is 6.76. The maximum atomic E-state index is 6.01. The number of nitrogens with zero attached hydrogens (tertiary/aromatic N) is 2. The first-order valence-electron chi connectivity index (χ1n) is 9.94. The first kappa shape index (κ1) is 20.7. The number of halogens is 1. The Labute approximate surface area is 179 Å². The maximum absolute atomic E-state index is 6.01. The Morgan fingerprint density at radius 2 is 2.15 bits per heavy atom. The van der Waals surface area contributed by atoms with Gasteiger partial charge in [-0.3, -0.25) is 9.89 Å². The molecule has 0 amide bonds. The van der Waals surface area contributed by atoms with Crippen molar-refractivity contribution in [1.29, 1.82) is 0 Å². The van der Waals surface area contributed by atoms with Crippen LogP contribution in [-0.4, -0.2) is 68.4 Å². The minimum Gasteiger partial charge on any atom is -0.488 e. The van der Waals surface area contributed by atoms with Crippen molar-refractivity contribution in [2.75, 3.05) is 39.3 Å². The summed E-state index contributed by atoms with van der Waals surface area (Å²) < 4.78 is 12.0. The zero-order valence-corrected chi connectivity index (χ0v) is 18.4. The van der Waals surface area contributed by atoms with Crippen LogP contribution in [0.3, 0.4) is 0 Å². The van der Waals surface area contributed by atoms with E-state index < -0.39 is 0 Å². The van der Waals surface area contributed by atoms with E-state index in [-0.39, 0.29) is 36.2 Å². The molecule has 3 unspecified atom stereocenters. The molecule has 1 aromatic rings. The maximum Gasteiger partial charge on any atom is 0.191 e. The lowest BCUT2D eigenvalue weighted by atomic mass is 10.1. The van der Waals surface area contributed by atoms with Gasteiger partial charge < -0.3 is 20.1 Å². The summed E-state index contributed by atoms with van der Waals surface area (Å²) in [5.74, 6) is 1.86. The van der Waals surface area contributed by atoms with Crippen LogP contribution in [0, 0.1) is 0 Å². The number of hydrogen-bond acceptors (Lipinski definition) is 4. The molecule has 0 radical (unpaired) electrons. The first-order chi connectivity index (χ1) is 12.8. The summed E-state index contributed by atoms with van der Waals surface area (Å²) in [4.78, 5) is 7.31. The molecule has 0 bridgehead atoms. The van der Waals surface area contributed by atoms with Crippen molar-refractivity contribution in [1.82, 2.24) is 15.5 Å². The summed E-state index contributed by atoms with van der Waals surface area (Å²) in [6.45, 7) is 7.46. The van der Waals surface area contributed by atoms with Crippen molar-refractivity contribution in [3.63, 3.8) is 0 Å². The Kier molecular flexibility index (Phi) is 7.60. The van der Waals surface area contributed by atoms with E-state index in [9.17, 15) is 0 Å². The Morgan fingerprint density at radius 3 is 3.00 bits per heavy atom. The predicted octanol–water partition coefficient (Wildman–Crippen LogP) is 2.03. The van der Waals surface area contributed by atoms with Crippen LogP contribution in [0.25, 0.3) is 0 Å². The fourth-order valence-corrected chi connectivity index (χ4v) is 4.11. The third-order valence-electron chi connectivity index (χ3n) is 5.47. The molecule has 3 aliphatic heterocycles. The summed E-state index contributed by atoms with van der Waals surface area (Å²) in [6, 6.07) is 8.91. The minimum absolute atomic E-state index is 0. The van der Waals surface area contributed by atoms with Crippen LogP contribution in [0.4, 0.5) is 0 Å². The van der Waals surface area contributed by atoms with Gasteiger partial charge in [-0.25, -0.2) is 0 Å². The number of aliphatic imine (C=N–C) groups is 1. The molecule has 3 heterocycles. The quantitative estimate of drug-likeness (QED) is 0.379. The molecule has 0 aliphatic carbocycles. The van der Waals surface area contributed by atoms with Gasteiger partial charge in [0.25, 0.3) is 0 Å². The van der Waals surface area contributed by atoms with E-state index in [1.165, 1.54) is 24.9 Å². The second-order valence-electron chi connectivity index (χ2n) is 7.40. The van der Waals surface area contributed by atoms with Crippen LogP contribution in [0.15, 0.2) is 29.3 Å². The van der Waals surface area contributed by atoms with Crippen molar-refractivity contribution >= 4 is 29.9 Å². The second kappa shape index (κ2) is 9.93. The summed E-state index contributed by atoms with van der Waals surface area (Å²) >= 11 is 0. The van der Waals surface area contributed by atoms with Crippen LogP contribution in [0.5, 0.6) is 5.75 Å². The minimum atomic E-state index is 0. The van der Waals surface area contributed by atoms with Crippen LogP contribution < -0.4 is 15.4 Å². The molecule has 0 spiro atoms. The molecule has 3 atom stereocenters. The third kappa shape index (κ3) is 5.26. The lowest BCUT2D eigenvalue weighted by molar-refractivity contribution is -0.0432. The van der Waals surface area contributed by atoms with E-state index >= 15 is 0 Å². The highest BCUT2D eigenvalue weighted by molar-refractivity contribution is 14.0. The van der Waals surface area contributed by atoms with Gasteiger partial charge in [0.05, 0.1) is 25.8 Å². The monoisotopic (exact) mass is 486 g/mol. The molecular formula is C20H31IN4O2. The van der Waals surface area contributed by atoms with E-state index in [2.05, 4.69) is 34.6 Å². The molecule has 7 heteroatoms. The van der Waals surface area contributed by atoms with Crippen molar-refractivity contribution in [2.45, 2.75) is 44.4 Å². The van der Waals surface area contributed by atoms with Gasteiger partial charge in [-0.05, 0) is 37.9 Å². The predicted molar refractivity (Wildman–Crippen MR) is 118 cm³/mol. The van der Waals surface area contributed by atoms with Gasteiger partial charge in [0.1, 0.15) is 11.9 Å². The van der Waals surface area contributed by atoms with E-state index in [1.807, 2.05) is 12.1 Å². The van der Waals surface area contributed by atoms with E-state index in [1.54, 1.807) is 0 Å². The number of benzene rings is 1. The Hall–Kier alpha value is -1.06. The number of para-hydroxylation sites is 1. The average Bonchev–Trinajstić information content (AvgIpc) is 3.29. The Morgan fingerprint density at radius 1 is 1.26 bits per heavy atom. The van der Waals surface area contributed by atoms with Crippen molar-refractivity contribution < 1.29 is 9.47 Å². The van der Waals surface area contributed by atoms with Crippen LogP contribution >= 0.6 is 24.0 Å². The lowest BCUT2D eigenvalue weighted by Crippen LogP contribution is -2.48. The molecule has 0 saturated carbocycles. The topological polar surface area (TPSA) is 58.1 Å². The Balaban J connectivity index is 0.00000210. The number of nitrogens with one attached hydrogen (secondary N) is 2. The molecule has 6 nitrogen and oxygen atoms in total. The SMILES string of the molecule is CCNC(=NCC1CN2CCCC2CO1)NCC1Cc2ccccc2O1.I. The third-order valence-corrected chi connectivity index (χ3v) is 5.47. The van der Waals surface area contributed by atoms with E-state index in [4.69, 9.17) is 14.5 Å². The first-order valence-corrected chi connectivity index (χ1v) is 9.94. The summed E-state index contributed by atoms with van der Waals surface area (Å²) in [6.07, 6.45) is 3.89. The molecule has 2 N–H and O–H groups in total. The second-order valence-corrected chi connectivity index (χ2v) is 7.40. The van der Waals surface area contributed by atoms with Crippen molar-refractivity contribution in [3.8, 4) is 5.75 Å². The van der Waals surface area contributed by atoms with E-state index in [0.29, 0.717) is 12.6 Å². The highest BCUT2D eigenvalue weighted by atomic mass is 127. The van der Waals surface area contributed by atoms with Gasteiger partial charge in [-0.15, -0.1) is 24.0 Å². The molecule has 0 aromatic heterocycles. The highest BCUT2D eigenvalue weighted by Crippen LogP contribution is 2.27. The van der Waals surface area contributed by atoms with Gasteiger partial charge in [0.2, 0.25) is 0 Å². The number of ether oxygens (including phenoxy) is 2. The highest BCUT2D eigenvalue weighted by Gasteiger charge is 2.32. The number of rotatable bonds is 5. The standard InChI is InChI=1S/C20H30N4O2.HI/c1-2-21-20(22-11-17-10-15-6-3-4-8-19(15)26-17)23-12-18-13-24-9-5-7-16(24)14-25-18;/h3-4,6,8,16-18H,2,5,7,9-14H2,1H3,(H2,21,22,23);1H. The molecule has 4 rings (SSSR count). The smallest absolute Gasteiger partial charge is 0.191 e. The molecular weight excluding hydrogens is 455 g/mol. The fraction of sp³-hybridized carbons (Fsp3) is 0.650. The fourth-order valence-electron chi connectivity index (χ4n) is 4.11. The largest absolute Gasteiger partial charge is 0.488 e. The van der Waals surface area contributed by atoms with Gasteiger partial charge in [0, 0.05) is 25.6 Å². The molecule has 1 aromatic carbocycles. The molecule has 2 saturated heterocycles. The molecule has 27 heavy (non-hydrogen) atoms. The number of morpholine rings is 1. The van der Waals surface area contributed by atoms with Gasteiger partial charge in [-0.2, -0.15) is 0 Å². The molecule has 3 aliphatic rings. The Bertz CT molecular complexity index is 617. The van der Waals surface area contributed by atoms with Crippen LogP contribution in [0.2, 0.25) is 0 Å². The molecule has 150 valence electrons. The van der Waals surface area contributed by atoms with Gasteiger partial charge in [-0.1, -0.05) is 18.2 Å². The van der Waals surface area contributed by atoms with Crippen molar-refractivity contribution in [3.05, 3.63) is 29.8 Å². The van der Waals surface area contributed by atoms with Crippen molar-refractivity contribution in [2.24, 2.45) is 4.99 Å². The number of hydrogen-bond donors (Lipinski definition) is 2. The average molecular weight is 486 g/mol. The number of guanidine groups is 1. The zero-order chi connectivity index (χ0) is 17.8. The van der Waals surface area contributed by atoms with Gasteiger partial charge >= 0.3 is 0 Å². The lowest BCUT2D eigenvalue weighted by Gasteiger charge is -2.34. The van der Waals surface area contributed by atoms with E-state index in [0.717, 1.165) is 44.4 Å². The summed E-state index contributed by atoms with van der Waals surface area (Å²) in [7, 11) is 0. The van der Waals surface area contributed by atoms with Crippen LogP contribution in [-0.2, 0) is 11.2 Å². The zero-order valence-electron chi connectivity index (χ0n) is 16.0. The molecule has 2 fully saturated rings. The number of fused-ring (bicyclic) bond motifs is 2. The van der Waals surface area contributed by atoms with Gasteiger partial charge in [0.15, 0.2) is 5.96 Å². The summed E-state index contributed by atoms with van der Waals surface area (Å²) in [5.41, 5.74) is 1.29. The normalized spacial score (nSPS) is 27.3. The van der Waals surface area contributed by atoms with Crippen LogP contribution in [0.1, 0.15) is 25.3 Å².